The first kappa shape index (κ1) is 10.1. The highest BCUT2D eigenvalue weighted by atomic mass is 16.4. The largest absolute Gasteiger partial charge is 0.474 e. The number of carbonyl (C=O) groups excluding carboxylic acids is 1. The molecule has 0 radical (unpaired) electrons. The fourth-order valence-corrected chi connectivity index (χ4v) is 4.56. The topological polar surface area (TPSA) is 66.4 Å². The van der Waals surface area contributed by atoms with Crippen LogP contribution in [0.25, 0.3) is 0 Å². The molecule has 88 valence electrons. The fraction of sp³-hybridized carbons (Fsp3) is 0.833. The van der Waals surface area contributed by atoms with Gasteiger partial charge in [-0.2, -0.15) is 0 Å². The number of amides is 1. The molecule has 16 heavy (non-hydrogen) atoms. The Morgan fingerprint density at radius 3 is 1.81 bits per heavy atom. The number of nitrogens with one attached hydrogen (secondary N) is 1. The van der Waals surface area contributed by atoms with Crippen LogP contribution in [0, 0.1) is 17.8 Å². The maximum atomic E-state index is 11.3. The summed E-state index contributed by atoms with van der Waals surface area (Å²) >= 11 is 0. The molecule has 0 saturated heterocycles. The lowest BCUT2D eigenvalue weighted by molar-refractivity contribution is -0.152. The summed E-state index contributed by atoms with van der Waals surface area (Å²) in [5, 5.41) is 11.5. The van der Waals surface area contributed by atoms with Crippen LogP contribution < -0.4 is 5.32 Å². The summed E-state index contributed by atoms with van der Waals surface area (Å²) in [5.41, 5.74) is -0.176. The van der Waals surface area contributed by atoms with Gasteiger partial charge in [-0.15, -0.1) is 0 Å². The van der Waals surface area contributed by atoms with E-state index in [0.29, 0.717) is 0 Å². The molecule has 4 nitrogen and oxygen atoms in total. The van der Waals surface area contributed by atoms with Gasteiger partial charge in [0.2, 0.25) is 0 Å². The van der Waals surface area contributed by atoms with Crippen molar-refractivity contribution in [3.63, 3.8) is 0 Å². The van der Waals surface area contributed by atoms with Gasteiger partial charge in [-0.3, -0.25) is 4.79 Å². The molecule has 4 rings (SSSR count). The first-order chi connectivity index (χ1) is 7.56. The second kappa shape index (κ2) is 3.22. The maximum absolute atomic E-state index is 11.3. The molecule has 2 N–H and O–H groups in total. The van der Waals surface area contributed by atoms with Gasteiger partial charge in [0.25, 0.3) is 0 Å². The minimum Gasteiger partial charge on any atom is -0.474 e. The number of rotatable bonds is 1. The number of hydrogen-bond acceptors (Lipinski definition) is 2. The van der Waals surface area contributed by atoms with Crippen LogP contribution in [0.4, 0.5) is 0 Å². The van der Waals surface area contributed by atoms with Crippen LogP contribution in [0.3, 0.4) is 0 Å². The minimum atomic E-state index is -1.35. The van der Waals surface area contributed by atoms with E-state index in [1.54, 1.807) is 0 Å². The third-order valence-electron chi connectivity index (χ3n) is 4.61. The van der Waals surface area contributed by atoms with Crippen LogP contribution in [-0.4, -0.2) is 22.5 Å². The van der Waals surface area contributed by atoms with Crippen molar-refractivity contribution in [3.05, 3.63) is 0 Å². The summed E-state index contributed by atoms with van der Waals surface area (Å²) in [4.78, 5) is 21.9. The number of carbonyl (C=O) groups is 2. The molecule has 0 heterocycles. The van der Waals surface area contributed by atoms with Gasteiger partial charge in [-0.05, 0) is 56.3 Å². The first-order valence-electron chi connectivity index (χ1n) is 6.12. The Bertz CT molecular complexity index is 315. The molecular weight excluding hydrogens is 206 g/mol. The van der Waals surface area contributed by atoms with Gasteiger partial charge in [-0.25, -0.2) is 4.79 Å². The zero-order chi connectivity index (χ0) is 11.3. The van der Waals surface area contributed by atoms with Crippen molar-refractivity contribution in [2.45, 2.75) is 44.1 Å². The smallest absolute Gasteiger partial charge is 0.394 e. The van der Waals surface area contributed by atoms with Crippen molar-refractivity contribution in [2.75, 3.05) is 0 Å². The van der Waals surface area contributed by atoms with E-state index in [-0.39, 0.29) is 5.54 Å². The van der Waals surface area contributed by atoms with E-state index < -0.39 is 11.9 Å². The van der Waals surface area contributed by atoms with E-state index in [1.165, 1.54) is 19.3 Å². The third-order valence-corrected chi connectivity index (χ3v) is 4.61. The van der Waals surface area contributed by atoms with E-state index in [9.17, 15) is 9.59 Å². The second-order valence-electron chi connectivity index (χ2n) is 5.96. The molecule has 4 heteroatoms. The van der Waals surface area contributed by atoms with E-state index >= 15 is 0 Å². The van der Waals surface area contributed by atoms with Crippen LogP contribution >= 0.6 is 0 Å². The van der Waals surface area contributed by atoms with Gasteiger partial charge in [0.1, 0.15) is 0 Å². The number of hydrogen-bond donors (Lipinski definition) is 2. The summed E-state index contributed by atoms with van der Waals surface area (Å²) < 4.78 is 0. The summed E-state index contributed by atoms with van der Waals surface area (Å²) in [6, 6.07) is 0. The van der Waals surface area contributed by atoms with Gasteiger partial charge < -0.3 is 10.4 Å². The standard InChI is InChI=1S/C12H17NO3/c14-10(11(15)16)13-12-4-7-1-8(5-12)3-9(2-7)6-12/h7-9H,1-6H2,(H,13,14)(H,15,16). The highest BCUT2D eigenvalue weighted by Gasteiger charge is 2.51. The average molecular weight is 223 g/mol. The quantitative estimate of drug-likeness (QED) is 0.655. The molecule has 0 aromatic carbocycles. The molecule has 0 atom stereocenters. The predicted octanol–water partition coefficient (Wildman–Crippen LogP) is 1.16. The Balaban J connectivity index is 1.78. The Morgan fingerprint density at radius 1 is 1.00 bits per heavy atom. The summed E-state index contributed by atoms with van der Waals surface area (Å²) in [6.45, 7) is 0. The van der Waals surface area contributed by atoms with Crippen molar-refractivity contribution in [1.29, 1.82) is 0 Å². The molecular formula is C12H17NO3. The molecule has 0 aromatic heterocycles. The Labute approximate surface area is 94.4 Å². The molecule has 0 aromatic rings. The summed E-state index contributed by atoms with van der Waals surface area (Å²) in [6.07, 6.45) is 6.88. The molecule has 4 aliphatic rings. The lowest BCUT2D eigenvalue weighted by Crippen LogP contribution is -2.60. The highest BCUT2D eigenvalue weighted by Crippen LogP contribution is 2.55. The van der Waals surface area contributed by atoms with Gasteiger partial charge in [0, 0.05) is 5.54 Å². The molecule has 1 amide bonds. The van der Waals surface area contributed by atoms with Crippen LogP contribution in [-0.2, 0) is 9.59 Å². The normalized spacial score (nSPS) is 44.4. The summed E-state index contributed by atoms with van der Waals surface area (Å²) in [5.74, 6) is -0.00118. The zero-order valence-electron chi connectivity index (χ0n) is 9.24. The van der Waals surface area contributed by atoms with Crippen molar-refractivity contribution >= 4 is 11.9 Å². The number of carboxylic acid groups (broad SMARTS) is 1. The fourth-order valence-electron chi connectivity index (χ4n) is 4.56. The molecule has 0 unspecified atom stereocenters. The van der Waals surface area contributed by atoms with E-state index in [0.717, 1.165) is 37.0 Å². The maximum Gasteiger partial charge on any atom is 0.394 e. The molecule has 4 bridgehead atoms. The highest BCUT2D eigenvalue weighted by molar-refractivity contribution is 6.31. The van der Waals surface area contributed by atoms with Crippen molar-refractivity contribution in [1.82, 2.24) is 5.32 Å². The molecule has 0 spiro atoms. The van der Waals surface area contributed by atoms with Crippen LogP contribution in [0.2, 0.25) is 0 Å². The SMILES string of the molecule is O=C(O)C(=O)NC12CC3CC(CC(C3)C1)C2. The Kier molecular flexibility index (Phi) is 2.03. The van der Waals surface area contributed by atoms with Crippen LogP contribution in [0.5, 0.6) is 0 Å². The lowest BCUT2D eigenvalue weighted by atomic mass is 9.53. The first-order valence-corrected chi connectivity index (χ1v) is 6.12. The van der Waals surface area contributed by atoms with Crippen LogP contribution in [0.15, 0.2) is 0 Å². The van der Waals surface area contributed by atoms with E-state index in [4.69, 9.17) is 5.11 Å². The van der Waals surface area contributed by atoms with E-state index in [2.05, 4.69) is 5.32 Å². The van der Waals surface area contributed by atoms with Gasteiger partial charge in [-0.1, -0.05) is 0 Å². The third kappa shape index (κ3) is 1.51. The Hall–Kier alpha value is -1.06. The average Bonchev–Trinajstić information content (AvgIpc) is 2.13. The summed E-state index contributed by atoms with van der Waals surface area (Å²) in [7, 11) is 0. The predicted molar refractivity (Wildman–Crippen MR) is 56.7 cm³/mol. The monoisotopic (exact) mass is 223 g/mol. The van der Waals surface area contributed by atoms with Crippen molar-refractivity contribution in [3.8, 4) is 0 Å². The van der Waals surface area contributed by atoms with Gasteiger partial charge in [0.05, 0.1) is 0 Å². The second-order valence-corrected chi connectivity index (χ2v) is 5.96. The van der Waals surface area contributed by atoms with Crippen LogP contribution in [0.1, 0.15) is 38.5 Å². The Morgan fingerprint density at radius 2 is 1.44 bits per heavy atom. The number of aliphatic carboxylic acids is 1. The molecule has 4 saturated carbocycles. The molecule has 4 aliphatic carbocycles. The van der Waals surface area contributed by atoms with E-state index in [1.807, 2.05) is 0 Å². The minimum absolute atomic E-state index is 0.176. The molecule has 4 fully saturated rings. The lowest BCUT2D eigenvalue weighted by Gasteiger charge is -2.56. The van der Waals surface area contributed by atoms with Gasteiger partial charge in [0.15, 0.2) is 0 Å². The zero-order valence-corrected chi connectivity index (χ0v) is 9.24. The number of carboxylic acids is 1. The molecule has 0 aliphatic heterocycles. The van der Waals surface area contributed by atoms with Gasteiger partial charge >= 0.3 is 11.9 Å². The van der Waals surface area contributed by atoms with Crippen molar-refractivity contribution in [2.24, 2.45) is 17.8 Å². The van der Waals surface area contributed by atoms with Crippen molar-refractivity contribution < 1.29 is 14.7 Å².